The van der Waals surface area contributed by atoms with Gasteiger partial charge in [-0.3, -0.25) is 14.3 Å². The third kappa shape index (κ3) is 6.69. The molecule has 1 aromatic heterocycles. The van der Waals surface area contributed by atoms with Crippen LogP contribution in [0, 0.1) is 0 Å². The number of carbonyl (C=O) groups excluding carboxylic acids is 2. The van der Waals surface area contributed by atoms with Gasteiger partial charge in [-0.1, -0.05) is 23.7 Å². The van der Waals surface area contributed by atoms with E-state index < -0.39 is 0 Å². The quantitative estimate of drug-likeness (QED) is 0.688. The van der Waals surface area contributed by atoms with Crippen LogP contribution in [0.25, 0.3) is 11.3 Å². The lowest BCUT2D eigenvalue weighted by Crippen LogP contribution is -3.11. The van der Waals surface area contributed by atoms with Gasteiger partial charge in [-0.25, -0.2) is 0 Å². The van der Waals surface area contributed by atoms with E-state index in [0.717, 1.165) is 16.2 Å². The number of benzene rings is 1. The Bertz CT molecular complexity index is 808. The summed E-state index contributed by atoms with van der Waals surface area (Å²) in [7, 11) is 3.58. The minimum atomic E-state index is -0.285. The first kappa shape index (κ1) is 20.9. The van der Waals surface area contributed by atoms with Crippen LogP contribution in [0.1, 0.15) is 20.8 Å². The number of rotatable bonds is 6. The normalized spacial score (nSPS) is 12.5. The SMILES string of the molecule is Cn1nc(-c2ccc(Cl)cc2)cc1NC(=O)C[NH+](C)CC(=O)NC(C)(C)C. The Morgan fingerprint density at radius 3 is 2.33 bits per heavy atom. The Labute approximate surface area is 164 Å². The highest BCUT2D eigenvalue weighted by Gasteiger charge is 2.19. The lowest BCUT2D eigenvalue weighted by Gasteiger charge is -2.21. The predicted octanol–water partition coefficient (Wildman–Crippen LogP) is 1.11. The summed E-state index contributed by atoms with van der Waals surface area (Å²) in [4.78, 5) is 25.1. The molecule has 0 bridgehead atoms. The molecule has 27 heavy (non-hydrogen) atoms. The molecule has 0 aliphatic carbocycles. The van der Waals surface area contributed by atoms with Crippen LogP contribution < -0.4 is 15.5 Å². The fraction of sp³-hybridized carbons (Fsp3) is 0.421. The number of carbonyl (C=O) groups is 2. The van der Waals surface area contributed by atoms with Crippen LogP contribution in [0.15, 0.2) is 30.3 Å². The van der Waals surface area contributed by atoms with Crippen molar-refractivity contribution in [3.63, 3.8) is 0 Å². The fourth-order valence-electron chi connectivity index (χ4n) is 2.61. The number of aromatic nitrogens is 2. The first-order valence-corrected chi connectivity index (χ1v) is 9.13. The average molecular weight is 393 g/mol. The van der Waals surface area contributed by atoms with E-state index in [2.05, 4.69) is 15.7 Å². The summed E-state index contributed by atoms with van der Waals surface area (Å²) in [5.74, 6) is 0.331. The van der Waals surface area contributed by atoms with Crippen LogP contribution in [0.4, 0.5) is 5.82 Å². The molecular formula is C19H27ClN5O2+. The van der Waals surface area contributed by atoms with Crippen LogP contribution in [-0.4, -0.2) is 47.3 Å². The van der Waals surface area contributed by atoms with Crippen molar-refractivity contribution < 1.29 is 14.5 Å². The summed E-state index contributed by atoms with van der Waals surface area (Å²) >= 11 is 5.91. The molecule has 1 aromatic carbocycles. The molecule has 0 aliphatic heterocycles. The van der Waals surface area contributed by atoms with Crippen LogP contribution in [0.2, 0.25) is 5.02 Å². The first-order valence-electron chi connectivity index (χ1n) is 8.75. The summed E-state index contributed by atoms with van der Waals surface area (Å²) in [6, 6.07) is 9.16. The summed E-state index contributed by atoms with van der Waals surface area (Å²) in [6.07, 6.45) is 0. The van der Waals surface area contributed by atoms with Crippen molar-refractivity contribution in [2.45, 2.75) is 26.3 Å². The van der Waals surface area contributed by atoms with Crippen LogP contribution >= 0.6 is 11.6 Å². The molecule has 0 radical (unpaired) electrons. The molecule has 0 saturated heterocycles. The van der Waals surface area contributed by atoms with Gasteiger partial charge in [0.1, 0.15) is 5.82 Å². The molecule has 0 aliphatic rings. The van der Waals surface area contributed by atoms with E-state index in [9.17, 15) is 9.59 Å². The molecule has 1 heterocycles. The average Bonchev–Trinajstić information content (AvgIpc) is 2.86. The standard InChI is InChI=1S/C19H26ClN5O2/c1-19(2,3)22-18(27)12-24(4)11-17(26)21-16-10-15(23-25(16)5)13-6-8-14(20)9-7-13/h6-10H,11-12H2,1-5H3,(H,21,26)(H,22,27)/p+1. The van der Waals surface area contributed by atoms with Crippen molar-refractivity contribution in [1.82, 2.24) is 15.1 Å². The number of hydrogen-bond acceptors (Lipinski definition) is 3. The molecule has 2 rings (SSSR count). The maximum atomic E-state index is 12.3. The number of amides is 2. The Morgan fingerprint density at radius 2 is 1.74 bits per heavy atom. The highest BCUT2D eigenvalue weighted by Crippen LogP contribution is 2.22. The van der Waals surface area contributed by atoms with Crippen LogP contribution in [-0.2, 0) is 16.6 Å². The zero-order valence-electron chi connectivity index (χ0n) is 16.4. The number of hydrogen-bond donors (Lipinski definition) is 3. The van der Waals surface area contributed by atoms with Gasteiger partial charge >= 0.3 is 0 Å². The summed E-state index contributed by atoms with van der Waals surface area (Å²) in [6.45, 7) is 6.18. The highest BCUT2D eigenvalue weighted by atomic mass is 35.5. The van der Waals surface area contributed by atoms with Gasteiger partial charge in [-0.15, -0.1) is 0 Å². The van der Waals surface area contributed by atoms with E-state index in [-0.39, 0.29) is 30.4 Å². The summed E-state index contributed by atoms with van der Waals surface area (Å²) in [5.41, 5.74) is 1.37. The Balaban J connectivity index is 1.94. The minimum Gasteiger partial charge on any atom is -0.347 e. The topological polar surface area (TPSA) is 80.5 Å². The largest absolute Gasteiger partial charge is 0.347 e. The zero-order valence-corrected chi connectivity index (χ0v) is 17.1. The van der Waals surface area contributed by atoms with Gasteiger partial charge in [0.05, 0.1) is 12.7 Å². The number of halogens is 1. The maximum Gasteiger partial charge on any atom is 0.280 e. The predicted molar refractivity (Wildman–Crippen MR) is 107 cm³/mol. The fourth-order valence-corrected chi connectivity index (χ4v) is 2.73. The smallest absolute Gasteiger partial charge is 0.280 e. The Morgan fingerprint density at radius 1 is 1.15 bits per heavy atom. The molecule has 2 amide bonds. The van der Waals surface area contributed by atoms with Crippen molar-refractivity contribution in [3.8, 4) is 11.3 Å². The molecule has 3 N–H and O–H groups in total. The van der Waals surface area contributed by atoms with E-state index in [1.54, 1.807) is 23.9 Å². The molecule has 2 aromatic rings. The number of quaternary nitrogens is 1. The second kappa shape index (κ2) is 8.54. The maximum absolute atomic E-state index is 12.3. The highest BCUT2D eigenvalue weighted by molar-refractivity contribution is 6.30. The molecule has 1 atom stereocenters. The number of likely N-dealkylation sites (N-methyl/N-ethyl adjacent to an activating group) is 1. The van der Waals surface area contributed by atoms with Gasteiger partial charge in [0.15, 0.2) is 13.1 Å². The second-order valence-corrected chi connectivity index (χ2v) is 8.14. The number of aryl methyl sites for hydroxylation is 1. The van der Waals surface area contributed by atoms with Gasteiger partial charge in [0, 0.05) is 29.2 Å². The molecular weight excluding hydrogens is 366 g/mol. The monoisotopic (exact) mass is 392 g/mol. The van der Waals surface area contributed by atoms with E-state index in [1.807, 2.05) is 46.0 Å². The summed E-state index contributed by atoms with van der Waals surface area (Å²) in [5, 5.41) is 10.8. The molecule has 0 fully saturated rings. The van der Waals surface area contributed by atoms with Crippen LogP contribution in [0.3, 0.4) is 0 Å². The molecule has 0 saturated carbocycles. The van der Waals surface area contributed by atoms with Crippen molar-refractivity contribution in [3.05, 3.63) is 35.4 Å². The molecule has 0 spiro atoms. The molecule has 1 unspecified atom stereocenters. The number of anilines is 1. The van der Waals surface area contributed by atoms with E-state index in [0.29, 0.717) is 10.8 Å². The lowest BCUT2D eigenvalue weighted by atomic mass is 10.1. The number of nitrogens with zero attached hydrogens (tertiary/aromatic N) is 2. The zero-order chi connectivity index (χ0) is 20.2. The molecule has 8 heteroatoms. The summed E-state index contributed by atoms with van der Waals surface area (Å²) < 4.78 is 1.61. The lowest BCUT2D eigenvalue weighted by molar-refractivity contribution is -0.862. The number of nitrogens with one attached hydrogen (secondary N) is 3. The van der Waals surface area contributed by atoms with Gasteiger partial charge in [0.2, 0.25) is 0 Å². The third-order valence-electron chi connectivity index (χ3n) is 3.73. The van der Waals surface area contributed by atoms with Crippen LogP contribution in [0.5, 0.6) is 0 Å². The molecule has 146 valence electrons. The Kier molecular flexibility index (Phi) is 6.62. The van der Waals surface area contributed by atoms with Crippen molar-refractivity contribution in [2.75, 3.05) is 25.5 Å². The molecule has 7 nitrogen and oxygen atoms in total. The van der Waals surface area contributed by atoms with E-state index >= 15 is 0 Å². The third-order valence-corrected chi connectivity index (χ3v) is 3.98. The van der Waals surface area contributed by atoms with E-state index in [1.165, 1.54) is 0 Å². The second-order valence-electron chi connectivity index (χ2n) is 7.70. The minimum absolute atomic E-state index is 0.0849. The van der Waals surface area contributed by atoms with Crippen molar-refractivity contribution in [2.24, 2.45) is 7.05 Å². The first-order chi connectivity index (χ1) is 12.5. The van der Waals surface area contributed by atoms with Gasteiger partial charge < -0.3 is 15.5 Å². The van der Waals surface area contributed by atoms with Crippen molar-refractivity contribution >= 4 is 29.2 Å². The van der Waals surface area contributed by atoms with Gasteiger partial charge in [0.25, 0.3) is 11.8 Å². The Hall–Kier alpha value is -2.38. The van der Waals surface area contributed by atoms with Crippen molar-refractivity contribution in [1.29, 1.82) is 0 Å². The van der Waals surface area contributed by atoms with E-state index in [4.69, 9.17) is 11.6 Å². The van der Waals surface area contributed by atoms with Gasteiger partial charge in [-0.2, -0.15) is 5.10 Å². The van der Waals surface area contributed by atoms with Gasteiger partial charge in [-0.05, 0) is 32.9 Å².